The molecule has 0 aromatic carbocycles. The molecule has 0 amide bonds. The molecule has 0 aromatic heterocycles. The van der Waals surface area contributed by atoms with E-state index in [1.54, 1.807) is 0 Å². The van der Waals surface area contributed by atoms with Crippen LogP contribution in [0.2, 0.25) is 0 Å². The highest BCUT2D eigenvalue weighted by atomic mass is 16.5. The average molecular weight is 132 g/mol. The van der Waals surface area contributed by atoms with Gasteiger partial charge in [-0.05, 0) is 6.42 Å². The zero-order valence-electron chi connectivity index (χ0n) is 5.76. The van der Waals surface area contributed by atoms with Gasteiger partial charge >= 0.3 is 5.97 Å². The molecule has 0 saturated heterocycles. The van der Waals surface area contributed by atoms with Crippen molar-refractivity contribution in [2.24, 2.45) is 0 Å². The standard InChI is InChI=1S/C6H12O3/c1-3-5(9-2)4-6(7)8/h5H,3-4H2,1-2H3,(H,7,8). The highest BCUT2D eigenvalue weighted by Crippen LogP contribution is 2.00. The lowest BCUT2D eigenvalue weighted by Gasteiger charge is -2.07. The van der Waals surface area contributed by atoms with Gasteiger partial charge in [0.15, 0.2) is 0 Å². The molecule has 0 fully saturated rings. The van der Waals surface area contributed by atoms with Crippen LogP contribution >= 0.6 is 0 Å². The molecule has 9 heavy (non-hydrogen) atoms. The molecule has 0 rings (SSSR count). The molecule has 0 bridgehead atoms. The van der Waals surface area contributed by atoms with E-state index in [1.165, 1.54) is 7.11 Å². The number of hydrogen-bond donors (Lipinski definition) is 1. The number of carboxylic acid groups (broad SMARTS) is 1. The van der Waals surface area contributed by atoms with E-state index in [0.29, 0.717) is 0 Å². The van der Waals surface area contributed by atoms with Gasteiger partial charge in [-0.2, -0.15) is 0 Å². The van der Waals surface area contributed by atoms with Crippen LogP contribution in [0, 0.1) is 0 Å². The van der Waals surface area contributed by atoms with Gasteiger partial charge in [-0.25, -0.2) is 0 Å². The van der Waals surface area contributed by atoms with E-state index in [-0.39, 0.29) is 12.5 Å². The molecule has 0 aliphatic rings. The van der Waals surface area contributed by atoms with Crippen molar-refractivity contribution in [3.63, 3.8) is 0 Å². The summed E-state index contributed by atoms with van der Waals surface area (Å²) < 4.78 is 4.83. The molecule has 0 spiro atoms. The monoisotopic (exact) mass is 132 g/mol. The van der Waals surface area contributed by atoms with Gasteiger partial charge in [-0.1, -0.05) is 6.92 Å². The summed E-state index contributed by atoms with van der Waals surface area (Å²) in [6.07, 6.45) is 0.734. The molecule has 54 valence electrons. The van der Waals surface area contributed by atoms with E-state index in [4.69, 9.17) is 9.84 Å². The summed E-state index contributed by atoms with van der Waals surface area (Å²) >= 11 is 0. The van der Waals surface area contributed by atoms with Crippen LogP contribution in [0.3, 0.4) is 0 Å². The van der Waals surface area contributed by atoms with Crippen LogP contribution in [0.15, 0.2) is 0 Å². The van der Waals surface area contributed by atoms with Crippen molar-refractivity contribution in [2.75, 3.05) is 7.11 Å². The summed E-state index contributed by atoms with van der Waals surface area (Å²) in [5.74, 6) is -0.802. The van der Waals surface area contributed by atoms with Crippen LogP contribution in [-0.2, 0) is 9.53 Å². The number of hydrogen-bond acceptors (Lipinski definition) is 2. The Morgan fingerprint density at radius 1 is 1.78 bits per heavy atom. The fourth-order valence-electron chi connectivity index (χ4n) is 0.589. The maximum absolute atomic E-state index is 10.0. The second-order valence-corrected chi connectivity index (χ2v) is 1.86. The zero-order valence-corrected chi connectivity index (χ0v) is 5.76. The third kappa shape index (κ3) is 3.97. The van der Waals surface area contributed by atoms with Gasteiger partial charge in [0, 0.05) is 7.11 Å². The van der Waals surface area contributed by atoms with Crippen LogP contribution in [0.4, 0.5) is 0 Å². The molecule has 3 nitrogen and oxygen atoms in total. The first-order valence-electron chi connectivity index (χ1n) is 2.95. The van der Waals surface area contributed by atoms with Gasteiger partial charge < -0.3 is 9.84 Å². The summed E-state index contributed by atoms with van der Waals surface area (Å²) in [6.45, 7) is 1.90. The minimum absolute atomic E-state index is 0.104. The van der Waals surface area contributed by atoms with E-state index >= 15 is 0 Å². The molecule has 0 heterocycles. The number of carbonyl (C=O) groups is 1. The minimum atomic E-state index is -0.802. The summed E-state index contributed by atoms with van der Waals surface area (Å²) in [7, 11) is 1.52. The summed E-state index contributed by atoms with van der Waals surface area (Å²) in [5.41, 5.74) is 0. The lowest BCUT2D eigenvalue weighted by Crippen LogP contribution is -2.14. The maximum Gasteiger partial charge on any atom is 0.305 e. The van der Waals surface area contributed by atoms with Crippen LogP contribution in [0.5, 0.6) is 0 Å². The third-order valence-corrected chi connectivity index (χ3v) is 1.19. The Morgan fingerprint density at radius 2 is 2.33 bits per heavy atom. The van der Waals surface area contributed by atoms with Crippen molar-refractivity contribution in [3.05, 3.63) is 0 Å². The van der Waals surface area contributed by atoms with Crippen molar-refractivity contribution < 1.29 is 14.6 Å². The fraction of sp³-hybridized carbons (Fsp3) is 0.833. The van der Waals surface area contributed by atoms with E-state index in [2.05, 4.69) is 0 Å². The number of aliphatic carboxylic acids is 1. The maximum atomic E-state index is 10.0. The van der Waals surface area contributed by atoms with E-state index in [0.717, 1.165) is 6.42 Å². The van der Waals surface area contributed by atoms with E-state index in [9.17, 15) is 4.79 Å². The first-order valence-corrected chi connectivity index (χ1v) is 2.95. The summed E-state index contributed by atoms with van der Waals surface area (Å²) in [4.78, 5) is 10.0. The Bertz CT molecular complexity index is 86.3. The summed E-state index contributed by atoms with van der Waals surface area (Å²) in [5, 5.41) is 8.27. The van der Waals surface area contributed by atoms with Crippen LogP contribution in [0.1, 0.15) is 19.8 Å². The second kappa shape index (κ2) is 4.32. The molecule has 0 aromatic rings. The Labute approximate surface area is 54.6 Å². The van der Waals surface area contributed by atoms with Crippen LogP contribution < -0.4 is 0 Å². The summed E-state index contributed by atoms with van der Waals surface area (Å²) in [6, 6.07) is 0. The lowest BCUT2D eigenvalue weighted by molar-refractivity contribution is -0.139. The smallest absolute Gasteiger partial charge is 0.305 e. The van der Waals surface area contributed by atoms with Gasteiger partial charge in [-0.3, -0.25) is 4.79 Å². The van der Waals surface area contributed by atoms with E-state index < -0.39 is 5.97 Å². The molecule has 0 saturated carbocycles. The van der Waals surface area contributed by atoms with Gasteiger partial charge in [0.1, 0.15) is 0 Å². The Morgan fingerprint density at radius 3 is 2.44 bits per heavy atom. The average Bonchev–Trinajstić information content (AvgIpc) is 1.82. The molecular formula is C6H12O3. The quantitative estimate of drug-likeness (QED) is 0.617. The number of methoxy groups -OCH3 is 1. The topological polar surface area (TPSA) is 46.5 Å². The Kier molecular flexibility index (Phi) is 4.05. The van der Waals surface area contributed by atoms with Gasteiger partial charge in [-0.15, -0.1) is 0 Å². The number of ether oxygens (including phenoxy) is 1. The van der Waals surface area contributed by atoms with Gasteiger partial charge in [0.25, 0.3) is 0 Å². The molecule has 1 unspecified atom stereocenters. The molecule has 1 N–H and O–H groups in total. The second-order valence-electron chi connectivity index (χ2n) is 1.86. The van der Waals surface area contributed by atoms with Crippen molar-refractivity contribution in [2.45, 2.75) is 25.9 Å². The minimum Gasteiger partial charge on any atom is -0.481 e. The molecule has 0 aliphatic heterocycles. The van der Waals surface area contributed by atoms with Crippen molar-refractivity contribution >= 4 is 5.97 Å². The van der Waals surface area contributed by atoms with E-state index in [1.807, 2.05) is 6.92 Å². The van der Waals surface area contributed by atoms with Crippen LogP contribution in [-0.4, -0.2) is 24.3 Å². The highest BCUT2D eigenvalue weighted by molar-refractivity contribution is 5.67. The highest BCUT2D eigenvalue weighted by Gasteiger charge is 2.07. The van der Waals surface area contributed by atoms with Crippen molar-refractivity contribution in [3.8, 4) is 0 Å². The Balaban J connectivity index is 3.43. The SMILES string of the molecule is CCC(CC(=O)O)OC. The predicted molar refractivity (Wildman–Crippen MR) is 33.3 cm³/mol. The molecular weight excluding hydrogens is 120 g/mol. The first kappa shape index (κ1) is 8.43. The first-order chi connectivity index (χ1) is 4.20. The number of rotatable bonds is 4. The molecule has 0 radical (unpaired) electrons. The molecule has 0 aliphatic carbocycles. The fourth-order valence-corrected chi connectivity index (χ4v) is 0.589. The zero-order chi connectivity index (χ0) is 7.28. The largest absolute Gasteiger partial charge is 0.481 e. The van der Waals surface area contributed by atoms with Crippen LogP contribution in [0.25, 0.3) is 0 Å². The normalized spacial score (nSPS) is 13.1. The predicted octanol–water partition coefficient (Wildman–Crippen LogP) is 0.886. The molecule has 1 atom stereocenters. The number of carboxylic acids is 1. The van der Waals surface area contributed by atoms with Gasteiger partial charge in [0.2, 0.25) is 0 Å². The third-order valence-electron chi connectivity index (χ3n) is 1.19. The Hall–Kier alpha value is -0.570. The lowest BCUT2D eigenvalue weighted by atomic mass is 10.2. The van der Waals surface area contributed by atoms with Gasteiger partial charge in [0.05, 0.1) is 12.5 Å². The van der Waals surface area contributed by atoms with Crippen molar-refractivity contribution in [1.29, 1.82) is 0 Å². The van der Waals surface area contributed by atoms with Crippen molar-refractivity contribution in [1.82, 2.24) is 0 Å². The molecule has 3 heteroatoms.